The molecule has 1 aromatic carbocycles. The van der Waals surface area contributed by atoms with Crippen LogP contribution < -0.4 is 5.73 Å². The third-order valence-corrected chi connectivity index (χ3v) is 2.78. The molecule has 0 saturated heterocycles. The Kier molecular flexibility index (Phi) is 1.40. The Bertz CT molecular complexity index is 458. The number of nitrogen functional groups attached to an aromatic ring is 1. The lowest BCUT2D eigenvalue weighted by Crippen LogP contribution is -1.89. The molecule has 0 bridgehead atoms. The minimum atomic E-state index is -0.334. The maximum absolute atomic E-state index is 13.1. The molecule has 1 aliphatic carbocycles. The van der Waals surface area contributed by atoms with Gasteiger partial charge in [-0.1, -0.05) is 0 Å². The number of hydrogen-bond acceptors (Lipinski definition) is 1. The van der Waals surface area contributed by atoms with Crippen molar-refractivity contribution >= 4 is 16.6 Å². The molecule has 0 aliphatic heterocycles. The largest absolute Gasteiger partial charge is 0.396 e. The van der Waals surface area contributed by atoms with E-state index in [4.69, 9.17) is 5.73 Å². The fourth-order valence-electron chi connectivity index (χ4n) is 1.81. The van der Waals surface area contributed by atoms with E-state index in [1.54, 1.807) is 6.07 Å². The van der Waals surface area contributed by atoms with Crippen LogP contribution in [0.15, 0.2) is 18.2 Å². The highest BCUT2D eigenvalue weighted by Gasteiger charge is 2.25. The van der Waals surface area contributed by atoms with E-state index in [1.165, 1.54) is 24.6 Å². The lowest BCUT2D eigenvalue weighted by atomic mass is 10.2. The number of rotatable bonds is 1. The average molecular weight is 190 g/mol. The third-order valence-electron chi connectivity index (χ3n) is 2.78. The molecule has 0 spiro atoms. The van der Waals surface area contributed by atoms with E-state index in [0.29, 0.717) is 5.92 Å². The summed E-state index contributed by atoms with van der Waals surface area (Å²) < 4.78 is 13.1. The number of hydrogen-bond donors (Lipinski definition) is 2. The number of nitrogens with one attached hydrogen (secondary N) is 1. The maximum Gasteiger partial charge on any atom is 0.146 e. The highest BCUT2D eigenvalue weighted by Crippen LogP contribution is 2.40. The number of nitrogens with two attached hydrogens (primary N) is 1. The van der Waals surface area contributed by atoms with Crippen molar-refractivity contribution < 1.29 is 4.39 Å². The number of fused-ring (bicyclic) bond motifs is 1. The monoisotopic (exact) mass is 190 g/mol. The molecule has 72 valence electrons. The van der Waals surface area contributed by atoms with Crippen LogP contribution in [0.3, 0.4) is 0 Å². The van der Waals surface area contributed by atoms with Crippen LogP contribution in [0.5, 0.6) is 0 Å². The lowest BCUT2D eigenvalue weighted by Gasteiger charge is -1.95. The Morgan fingerprint density at radius 3 is 2.79 bits per heavy atom. The molecule has 1 saturated carbocycles. The molecule has 0 amide bonds. The molecule has 2 nitrogen and oxygen atoms in total. The maximum atomic E-state index is 13.1. The van der Waals surface area contributed by atoms with E-state index in [-0.39, 0.29) is 11.5 Å². The van der Waals surface area contributed by atoms with Gasteiger partial charge in [0.2, 0.25) is 0 Å². The van der Waals surface area contributed by atoms with Crippen molar-refractivity contribution in [3.63, 3.8) is 0 Å². The van der Waals surface area contributed by atoms with Crippen LogP contribution in [0.4, 0.5) is 10.1 Å². The van der Waals surface area contributed by atoms with Crippen LogP contribution in [0.1, 0.15) is 24.5 Å². The summed E-state index contributed by atoms with van der Waals surface area (Å²) in [5.41, 5.74) is 7.85. The summed E-state index contributed by atoms with van der Waals surface area (Å²) in [7, 11) is 0. The summed E-state index contributed by atoms with van der Waals surface area (Å²) in [6.07, 6.45) is 2.48. The highest BCUT2D eigenvalue weighted by molar-refractivity contribution is 5.83. The zero-order chi connectivity index (χ0) is 9.71. The van der Waals surface area contributed by atoms with Gasteiger partial charge in [0, 0.05) is 16.6 Å². The van der Waals surface area contributed by atoms with Crippen LogP contribution in [0.2, 0.25) is 0 Å². The van der Waals surface area contributed by atoms with Crippen LogP contribution in [0, 0.1) is 5.82 Å². The summed E-state index contributed by atoms with van der Waals surface area (Å²) >= 11 is 0. The normalized spacial score (nSPS) is 16.4. The first-order valence-electron chi connectivity index (χ1n) is 4.81. The quantitative estimate of drug-likeness (QED) is 0.667. The van der Waals surface area contributed by atoms with Crippen molar-refractivity contribution in [1.29, 1.82) is 0 Å². The van der Waals surface area contributed by atoms with Gasteiger partial charge in [-0.25, -0.2) is 4.39 Å². The Morgan fingerprint density at radius 1 is 1.29 bits per heavy atom. The van der Waals surface area contributed by atoms with Crippen molar-refractivity contribution in [2.45, 2.75) is 18.8 Å². The molecule has 2 aromatic rings. The minimum absolute atomic E-state index is 0.210. The van der Waals surface area contributed by atoms with Crippen molar-refractivity contribution in [3.8, 4) is 0 Å². The van der Waals surface area contributed by atoms with Gasteiger partial charge in [0.05, 0.1) is 5.69 Å². The lowest BCUT2D eigenvalue weighted by molar-refractivity contribution is 0.634. The molecule has 1 aromatic heterocycles. The van der Waals surface area contributed by atoms with Crippen molar-refractivity contribution in [2.24, 2.45) is 0 Å². The Hall–Kier alpha value is -1.51. The molecule has 0 radical (unpaired) electrons. The molecule has 3 rings (SSSR count). The molecular formula is C11H11FN2. The third kappa shape index (κ3) is 1.09. The van der Waals surface area contributed by atoms with Crippen molar-refractivity contribution in [3.05, 3.63) is 29.7 Å². The van der Waals surface area contributed by atoms with Gasteiger partial charge in [-0.05, 0) is 37.0 Å². The molecule has 1 fully saturated rings. The smallest absolute Gasteiger partial charge is 0.146 e. The number of benzene rings is 1. The zero-order valence-electron chi connectivity index (χ0n) is 7.68. The van der Waals surface area contributed by atoms with Gasteiger partial charge in [0.15, 0.2) is 0 Å². The average Bonchev–Trinajstić information content (AvgIpc) is 2.90. The molecule has 3 heteroatoms. The standard InChI is InChI=1S/C11H11FN2/c12-8-3-7-4-10(6-1-2-6)14-11(7)5-9(8)13/h3-6,14H,1-2,13H2. The molecule has 3 N–H and O–H groups in total. The van der Waals surface area contributed by atoms with Gasteiger partial charge in [0.1, 0.15) is 5.82 Å². The second kappa shape index (κ2) is 2.50. The second-order valence-electron chi connectivity index (χ2n) is 3.96. The van der Waals surface area contributed by atoms with E-state index in [1.807, 2.05) is 6.07 Å². The first-order valence-corrected chi connectivity index (χ1v) is 4.81. The summed E-state index contributed by atoms with van der Waals surface area (Å²) in [6.45, 7) is 0. The first kappa shape index (κ1) is 7.85. The molecule has 1 heterocycles. The minimum Gasteiger partial charge on any atom is -0.396 e. The van der Waals surface area contributed by atoms with Gasteiger partial charge in [0.25, 0.3) is 0 Å². The van der Waals surface area contributed by atoms with E-state index in [9.17, 15) is 4.39 Å². The fourth-order valence-corrected chi connectivity index (χ4v) is 1.81. The Morgan fingerprint density at radius 2 is 2.07 bits per heavy atom. The number of H-pyrrole nitrogens is 1. The number of halogens is 1. The van der Waals surface area contributed by atoms with Crippen LogP contribution in [0.25, 0.3) is 10.9 Å². The molecule has 0 unspecified atom stereocenters. The second-order valence-corrected chi connectivity index (χ2v) is 3.96. The summed E-state index contributed by atoms with van der Waals surface area (Å²) in [6, 6.07) is 5.18. The molecular weight excluding hydrogens is 179 g/mol. The fraction of sp³-hybridized carbons (Fsp3) is 0.273. The molecule has 1 aliphatic rings. The van der Waals surface area contributed by atoms with E-state index >= 15 is 0 Å². The predicted octanol–water partition coefficient (Wildman–Crippen LogP) is 2.77. The highest BCUT2D eigenvalue weighted by atomic mass is 19.1. The molecule has 0 atom stereocenters. The predicted molar refractivity (Wildman–Crippen MR) is 54.6 cm³/mol. The van der Waals surface area contributed by atoms with Gasteiger partial charge < -0.3 is 10.7 Å². The van der Waals surface area contributed by atoms with Crippen LogP contribution in [-0.2, 0) is 0 Å². The van der Waals surface area contributed by atoms with Gasteiger partial charge in [-0.2, -0.15) is 0 Å². The van der Waals surface area contributed by atoms with Crippen molar-refractivity contribution in [2.75, 3.05) is 5.73 Å². The topological polar surface area (TPSA) is 41.8 Å². The van der Waals surface area contributed by atoms with Gasteiger partial charge in [-0.15, -0.1) is 0 Å². The van der Waals surface area contributed by atoms with Crippen molar-refractivity contribution in [1.82, 2.24) is 4.98 Å². The number of anilines is 1. The van der Waals surface area contributed by atoms with Gasteiger partial charge in [-0.3, -0.25) is 0 Å². The van der Waals surface area contributed by atoms with Gasteiger partial charge >= 0.3 is 0 Å². The summed E-state index contributed by atoms with van der Waals surface area (Å²) in [5, 5.41) is 0.915. The number of aromatic amines is 1. The van der Waals surface area contributed by atoms with E-state index in [2.05, 4.69) is 4.98 Å². The Balaban J connectivity index is 2.22. The van der Waals surface area contributed by atoms with E-state index in [0.717, 1.165) is 10.9 Å². The van der Waals surface area contributed by atoms with Crippen LogP contribution in [-0.4, -0.2) is 4.98 Å². The molecule has 14 heavy (non-hydrogen) atoms. The Labute approximate surface area is 80.9 Å². The SMILES string of the molecule is Nc1cc2[nH]c(C3CC3)cc2cc1F. The summed E-state index contributed by atoms with van der Waals surface area (Å²) in [4.78, 5) is 3.28. The van der Waals surface area contributed by atoms with Crippen LogP contribution >= 0.6 is 0 Å². The van der Waals surface area contributed by atoms with E-state index < -0.39 is 0 Å². The number of aromatic nitrogens is 1. The zero-order valence-corrected chi connectivity index (χ0v) is 7.68. The summed E-state index contributed by atoms with van der Waals surface area (Å²) in [5.74, 6) is 0.325. The first-order chi connectivity index (χ1) is 6.74.